The minimum atomic E-state index is -0.258. The second-order valence-corrected chi connectivity index (χ2v) is 4.73. The predicted molar refractivity (Wildman–Crippen MR) is 80.2 cm³/mol. The lowest BCUT2D eigenvalue weighted by Crippen LogP contribution is -2.28. The van der Waals surface area contributed by atoms with Crippen LogP contribution in [0.25, 0.3) is 16.5 Å². The van der Waals surface area contributed by atoms with Crippen LogP contribution in [-0.2, 0) is 0 Å². The quantitative estimate of drug-likeness (QED) is 0.733. The van der Waals surface area contributed by atoms with Crippen molar-refractivity contribution in [3.63, 3.8) is 0 Å². The zero-order chi connectivity index (χ0) is 13.4. The van der Waals surface area contributed by atoms with E-state index in [1.807, 2.05) is 24.3 Å². The van der Waals surface area contributed by atoms with Crippen LogP contribution in [0.15, 0.2) is 54.8 Å². The highest BCUT2D eigenvalue weighted by Crippen LogP contribution is 2.37. The smallest absolute Gasteiger partial charge is 0.0726 e. The maximum Gasteiger partial charge on any atom is 0.0726 e. The molecule has 0 heterocycles. The Bertz CT molecular complexity index is 680. The number of hydrogen-bond acceptors (Lipinski definition) is 3. The van der Waals surface area contributed by atoms with Crippen LogP contribution in [0.3, 0.4) is 0 Å². The molecule has 0 saturated carbocycles. The molecule has 0 aromatic heterocycles. The van der Waals surface area contributed by atoms with Crippen molar-refractivity contribution >= 4 is 16.5 Å². The van der Waals surface area contributed by atoms with E-state index in [1.54, 1.807) is 0 Å². The molecule has 1 aliphatic rings. The summed E-state index contributed by atoms with van der Waals surface area (Å²) in [5.41, 5.74) is 16.3. The van der Waals surface area contributed by atoms with Crippen LogP contribution in [0.1, 0.15) is 17.2 Å². The van der Waals surface area contributed by atoms with Gasteiger partial charge in [-0.05, 0) is 16.3 Å². The van der Waals surface area contributed by atoms with Gasteiger partial charge in [0.2, 0.25) is 0 Å². The van der Waals surface area contributed by atoms with E-state index in [9.17, 15) is 0 Å². The van der Waals surface area contributed by atoms with E-state index in [-0.39, 0.29) is 6.04 Å². The van der Waals surface area contributed by atoms with Crippen LogP contribution in [0, 0.1) is 0 Å². The average Bonchev–Trinajstić information content (AvgIpc) is 2.45. The van der Waals surface area contributed by atoms with E-state index in [4.69, 9.17) is 11.5 Å². The normalized spacial score (nSPS) is 17.6. The zero-order valence-corrected chi connectivity index (χ0v) is 10.7. The maximum atomic E-state index is 6.26. The fourth-order valence-corrected chi connectivity index (χ4v) is 2.69. The van der Waals surface area contributed by atoms with Gasteiger partial charge >= 0.3 is 0 Å². The molecule has 3 nitrogen and oxygen atoms in total. The Kier molecular flexibility index (Phi) is 2.76. The molecule has 0 spiro atoms. The van der Waals surface area contributed by atoms with Crippen molar-refractivity contribution in [2.24, 2.45) is 11.5 Å². The summed E-state index contributed by atoms with van der Waals surface area (Å²) >= 11 is 0. The Morgan fingerprint density at radius 1 is 1.21 bits per heavy atom. The zero-order valence-electron chi connectivity index (χ0n) is 10.7. The van der Waals surface area contributed by atoms with Gasteiger partial charge in [0.05, 0.1) is 17.4 Å². The Morgan fingerprint density at radius 2 is 1.95 bits per heavy atom. The fraction of sp³-hybridized carbons (Fsp3) is 0.125. The topological polar surface area (TPSA) is 64.1 Å². The molecule has 3 rings (SSSR count). The monoisotopic (exact) mass is 251 g/mol. The fourth-order valence-electron chi connectivity index (χ4n) is 2.69. The SMILES string of the molecule is C=CCNC1=C(N)C(N)c2cccc3cccc1c23. The molecular weight excluding hydrogens is 234 g/mol. The molecular formula is C16H17N3. The van der Waals surface area contributed by atoms with Crippen molar-refractivity contribution in [2.45, 2.75) is 6.04 Å². The molecule has 2 aromatic carbocycles. The first-order valence-electron chi connectivity index (χ1n) is 6.36. The number of nitrogens with one attached hydrogen (secondary N) is 1. The summed E-state index contributed by atoms with van der Waals surface area (Å²) in [6, 6.07) is 12.1. The van der Waals surface area contributed by atoms with Crippen LogP contribution in [0.5, 0.6) is 0 Å². The molecule has 1 aliphatic carbocycles. The van der Waals surface area contributed by atoms with Crippen LogP contribution in [-0.4, -0.2) is 6.54 Å². The third-order valence-electron chi connectivity index (χ3n) is 3.59. The maximum absolute atomic E-state index is 6.26. The molecule has 19 heavy (non-hydrogen) atoms. The molecule has 5 N–H and O–H groups in total. The lowest BCUT2D eigenvalue weighted by atomic mass is 9.86. The summed E-state index contributed by atoms with van der Waals surface area (Å²) in [6.07, 6.45) is 1.81. The van der Waals surface area contributed by atoms with E-state index >= 15 is 0 Å². The van der Waals surface area contributed by atoms with Crippen molar-refractivity contribution in [3.05, 3.63) is 65.9 Å². The largest absolute Gasteiger partial charge is 0.399 e. The van der Waals surface area contributed by atoms with E-state index in [1.165, 1.54) is 10.8 Å². The van der Waals surface area contributed by atoms with Crippen molar-refractivity contribution in [1.29, 1.82) is 0 Å². The molecule has 2 aromatic rings. The highest BCUT2D eigenvalue weighted by molar-refractivity contribution is 5.99. The summed E-state index contributed by atoms with van der Waals surface area (Å²) in [5.74, 6) is 0. The summed E-state index contributed by atoms with van der Waals surface area (Å²) in [6.45, 7) is 4.39. The first-order chi connectivity index (χ1) is 9.24. The van der Waals surface area contributed by atoms with Crippen LogP contribution in [0.2, 0.25) is 0 Å². The molecule has 96 valence electrons. The summed E-state index contributed by atoms with van der Waals surface area (Å²) in [5, 5.41) is 5.69. The molecule has 3 heteroatoms. The minimum absolute atomic E-state index is 0.258. The van der Waals surface area contributed by atoms with E-state index < -0.39 is 0 Å². The number of rotatable bonds is 3. The Hall–Kier alpha value is -2.26. The summed E-state index contributed by atoms with van der Waals surface area (Å²) in [7, 11) is 0. The van der Waals surface area contributed by atoms with E-state index in [0.29, 0.717) is 12.2 Å². The lowest BCUT2D eigenvalue weighted by Gasteiger charge is -2.27. The van der Waals surface area contributed by atoms with E-state index in [0.717, 1.165) is 16.8 Å². The molecule has 1 atom stereocenters. The van der Waals surface area contributed by atoms with Gasteiger partial charge in [-0.3, -0.25) is 0 Å². The average molecular weight is 251 g/mol. The minimum Gasteiger partial charge on any atom is -0.399 e. The molecule has 0 saturated heterocycles. The Balaban J connectivity index is 2.29. The van der Waals surface area contributed by atoms with Crippen LogP contribution >= 0.6 is 0 Å². The van der Waals surface area contributed by atoms with E-state index in [2.05, 4.69) is 30.1 Å². The van der Waals surface area contributed by atoms with Gasteiger partial charge in [-0.2, -0.15) is 0 Å². The van der Waals surface area contributed by atoms with Crippen LogP contribution in [0.4, 0.5) is 0 Å². The number of nitrogens with two attached hydrogens (primary N) is 2. The predicted octanol–water partition coefficient (Wildman–Crippen LogP) is 2.26. The van der Waals surface area contributed by atoms with Gasteiger partial charge in [0, 0.05) is 12.1 Å². The molecule has 0 aliphatic heterocycles. The van der Waals surface area contributed by atoms with Crippen molar-refractivity contribution < 1.29 is 0 Å². The summed E-state index contributed by atoms with van der Waals surface area (Å²) in [4.78, 5) is 0. The second-order valence-electron chi connectivity index (χ2n) is 4.73. The van der Waals surface area contributed by atoms with Gasteiger partial charge < -0.3 is 16.8 Å². The second kappa shape index (κ2) is 4.44. The molecule has 1 unspecified atom stereocenters. The number of benzene rings is 2. The highest BCUT2D eigenvalue weighted by Gasteiger charge is 2.24. The van der Waals surface area contributed by atoms with Crippen molar-refractivity contribution in [2.75, 3.05) is 6.54 Å². The first kappa shape index (κ1) is 11.8. The van der Waals surface area contributed by atoms with Gasteiger partial charge in [-0.1, -0.05) is 42.5 Å². The first-order valence-corrected chi connectivity index (χ1v) is 6.36. The third kappa shape index (κ3) is 1.71. The molecule has 0 radical (unpaired) electrons. The van der Waals surface area contributed by atoms with Crippen molar-refractivity contribution in [1.82, 2.24) is 5.32 Å². The van der Waals surface area contributed by atoms with Gasteiger partial charge in [0.1, 0.15) is 0 Å². The molecule has 0 fully saturated rings. The third-order valence-corrected chi connectivity index (χ3v) is 3.59. The van der Waals surface area contributed by atoms with Crippen LogP contribution < -0.4 is 16.8 Å². The molecule has 0 bridgehead atoms. The highest BCUT2D eigenvalue weighted by atomic mass is 14.9. The Morgan fingerprint density at radius 3 is 2.68 bits per heavy atom. The standard InChI is InChI=1S/C16H17N3/c1-2-9-19-16-12-8-4-6-10-5-3-7-11(13(10)12)14(17)15(16)18/h2-8,14,19H,1,9,17-18H2. The lowest BCUT2D eigenvalue weighted by molar-refractivity contribution is 0.817. The Labute approximate surface area is 112 Å². The molecule has 0 amide bonds. The van der Waals surface area contributed by atoms with Gasteiger partial charge in [-0.15, -0.1) is 6.58 Å². The van der Waals surface area contributed by atoms with Crippen molar-refractivity contribution in [3.8, 4) is 0 Å². The van der Waals surface area contributed by atoms with Gasteiger partial charge in [0.25, 0.3) is 0 Å². The van der Waals surface area contributed by atoms with Gasteiger partial charge in [-0.25, -0.2) is 0 Å². The number of hydrogen-bond donors (Lipinski definition) is 3. The summed E-state index contributed by atoms with van der Waals surface area (Å²) < 4.78 is 0. The van der Waals surface area contributed by atoms with Gasteiger partial charge in [0.15, 0.2) is 0 Å².